The predicted molar refractivity (Wildman–Crippen MR) is 99.5 cm³/mol. The molecule has 26 heavy (non-hydrogen) atoms. The van der Waals surface area contributed by atoms with E-state index in [-0.39, 0.29) is 28.5 Å². The van der Waals surface area contributed by atoms with Crippen LogP contribution in [-0.4, -0.2) is 23.3 Å². The van der Waals surface area contributed by atoms with Gasteiger partial charge in [-0.1, -0.05) is 29.8 Å². The van der Waals surface area contributed by atoms with E-state index in [2.05, 4.69) is 22.2 Å². The summed E-state index contributed by atoms with van der Waals surface area (Å²) in [6.45, 7) is 5.95. The summed E-state index contributed by atoms with van der Waals surface area (Å²) in [4.78, 5) is 28.1. The number of hydrogen-bond donors (Lipinski definition) is 2. The Labute approximate surface area is 156 Å². The molecular formula is C19H19ClFN3O2. The van der Waals surface area contributed by atoms with Gasteiger partial charge in [0.2, 0.25) is 5.91 Å². The number of aromatic nitrogens is 1. The number of rotatable bonds is 7. The van der Waals surface area contributed by atoms with Gasteiger partial charge in [-0.3, -0.25) is 9.59 Å². The van der Waals surface area contributed by atoms with Gasteiger partial charge in [0.25, 0.3) is 5.91 Å². The molecule has 2 rings (SSSR count). The Hall–Kier alpha value is -2.73. The van der Waals surface area contributed by atoms with E-state index >= 15 is 0 Å². The van der Waals surface area contributed by atoms with Crippen molar-refractivity contribution in [3.05, 3.63) is 71.3 Å². The molecule has 0 saturated carbocycles. The molecule has 1 heterocycles. The number of hydrogen-bond acceptors (Lipinski definition) is 3. The summed E-state index contributed by atoms with van der Waals surface area (Å²) < 4.78 is 12.9. The van der Waals surface area contributed by atoms with Crippen molar-refractivity contribution in [3.8, 4) is 0 Å². The Bertz CT molecular complexity index is 809. The molecule has 0 spiro atoms. The van der Waals surface area contributed by atoms with Gasteiger partial charge in [-0.05, 0) is 49.7 Å². The number of carbonyl (C=O) groups excluding carboxylic acids is 2. The fraction of sp³-hybridized carbons (Fsp3) is 0.211. The molecule has 0 aliphatic heterocycles. The number of nitrogens with zero attached hydrogens (tertiary/aromatic N) is 1. The molecule has 0 aliphatic carbocycles. The van der Waals surface area contributed by atoms with E-state index in [1.807, 2.05) is 0 Å². The molecule has 136 valence electrons. The van der Waals surface area contributed by atoms with E-state index in [9.17, 15) is 14.0 Å². The zero-order valence-electron chi connectivity index (χ0n) is 14.3. The van der Waals surface area contributed by atoms with Crippen molar-refractivity contribution < 1.29 is 14.0 Å². The first-order valence-corrected chi connectivity index (χ1v) is 8.39. The van der Waals surface area contributed by atoms with Crippen LogP contribution in [0.4, 0.5) is 10.1 Å². The maximum absolute atomic E-state index is 12.9. The minimum atomic E-state index is -0.457. The minimum Gasteiger partial charge on any atom is -0.350 e. The van der Waals surface area contributed by atoms with Crippen LogP contribution < -0.4 is 10.6 Å². The minimum absolute atomic E-state index is 0.227. The van der Waals surface area contributed by atoms with Gasteiger partial charge in [-0.25, -0.2) is 9.37 Å². The number of amides is 2. The quantitative estimate of drug-likeness (QED) is 0.570. The lowest BCUT2D eigenvalue weighted by molar-refractivity contribution is -0.118. The standard InChI is InChI=1S/C19H19ClFN3O2/c1-12(10-11-22-19(26)16-4-3-5-17(20)24-16)13(2)18(25)23-15-8-6-14(21)7-9-15/h3-9,13H,1,10-11H2,2H3,(H,22,26)(H,23,25)/t13-/m1/s1. The highest BCUT2D eigenvalue weighted by atomic mass is 35.5. The number of benzene rings is 1. The largest absolute Gasteiger partial charge is 0.350 e. The molecule has 1 aromatic heterocycles. The van der Waals surface area contributed by atoms with Gasteiger partial charge in [-0.2, -0.15) is 0 Å². The highest BCUT2D eigenvalue weighted by Gasteiger charge is 2.17. The van der Waals surface area contributed by atoms with Crippen LogP contribution in [0.15, 0.2) is 54.6 Å². The first-order valence-electron chi connectivity index (χ1n) is 8.01. The van der Waals surface area contributed by atoms with E-state index in [4.69, 9.17) is 11.6 Å². The summed E-state index contributed by atoms with van der Waals surface area (Å²) >= 11 is 5.75. The van der Waals surface area contributed by atoms with Gasteiger partial charge >= 0.3 is 0 Å². The van der Waals surface area contributed by atoms with Crippen LogP contribution in [0.25, 0.3) is 0 Å². The maximum Gasteiger partial charge on any atom is 0.269 e. The molecule has 0 fully saturated rings. The van der Waals surface area contributed by atoms with Crippen LogP contribution in [0.3, 0.4) is 0 Å². The normalized spacial score (nSPS) is 11.5. The van der Waals surface area contributed by atoms with Crippen LogP contribution in [0, 0.1) is 11.7 Å². The van der Waals surface area contributed by atoms with Crippen molar-refractivity contribution in [2.24, 2.45) is 5.92 Å². The van der Waals surface area contributed by atoms with E-state index in [1.165, 1.54) is 24.3 Å². The van der Waals surface area contributed by atoms with Gasteiger partial charge < -0.3 is 10.6 Å². The molecule has 0 aliphatic rings. The van der Waals surface area contributed by atoms with Crippen molar-refractivity contribution in [3.63, 3.8) is 0 Å². The summed E-state index contributed by atoms with van der Waals surface area (Å²) in [6.07, 6.45) is 0.435. The van der Waals surface area contributed by atoms with Crippen molar-refractivity contribution in [2.75, 3.05) is 11.9 Å². The molecule has 2 amide bonds. The predicted octanol–water partition coefficient (Wildman–Crippen LogP) is 3.83. The molecule has 1 aromatic carbocycles. The monoisotopic (exact) mass is 375 g/mol. The van der Waals surface area contributed by atoms with Crippen LogP contribution in [0.5, 0.6) is 0 Å². The second-order valence-electron chi connectivity index (χ2n) is 5.73. The molecule has 7 heteroatoms. The third-order valence-electron chi connectivity index (χ3n) is 3.80. The topological polar surface area (TPSA) is 71.1 Å². The summed E-state index contributed by atoms with van der Waals surface area (Å²) in [5, 5.41) is 5.66. The number of carbonyl (C=O) groups is 2. The van der Waals surface area contributed by atoms with Crippen LogP contribution >= 0.6 is 11.6 Å². The van der Waals surface area contributed by atoms with Crippen LogP contribution in [-0.2, 0) is 4.79 Å². The Balaban J connectivity index is 1.80. The van der Waals surface area contributed by atoms with Gasteiger partial charge in [0.15, 0.2) is 0 Å². The zero-order valence-corrected chi connectivity index (χ0v) is 15.0. The third kappa shape index (κ3) is 5.67. The Kier molecular flexibility index (Phi) is 6.86. The van der Waals surface area contributed by atoms with Crippen molar-refractivity contribution >= 4 is 29.1 Å². The lowest BCUT2D eigenvalue weighted by atomic mass is 9.99. The lowest BCUT2D eigenvalue weighted by Gasteiger charge is -2.15. The highest BCUT2D eigenvalue weighted by molar-refractivity contribution is 6.29. The first kappa shape index (κ1) is 19.6. The molecule has 2 N–H and O–H groups in total. The maximum atomic E-state index is 12.9. The Morgan fingerprint density at radius 3 is 2.58 bits per heavy atom. The van der Waals surface area contributed by atoms with Gasteiger partial charge in [-0.15, -0.1) is 0 Å². The lowest BCUT2D eigenvalue weighted by Crippen LogP contribution is -2.27. The fourth-order valence-corrected chi connectivity index (χ4v) is 2.31. The summed E-state index contributed by atoms with van der Waals surface area (Å²) in [5.41, 5.74) is 1.41. The van der Waals surface area contributed by atoms with Crippen molar-refractivity contribution in [2.45, 2.75) is 13.3 Å². The Morgan fingerprint density at radius 1 is 1.23 bits per heavy atom. The summed E-state index contributed by atoms with van der Waals surface area (Å²) in [5.74, 6) is -1.42. The van der Waals surface area contributed by atoms with E-state index < -0.39 is 5.92 Å². The summed E-state index contributed by atoms with van der Waals surface area (Å²) in [6, 6.07) is 10.3. The third-order valence-corrected chi connectivity index (χ3v) is 4.01. The molecular weight excluding hydrogens is 357 g/mol. The van der Waals surface area contributed by atoms with E-state index in [1.54, 1.807) is 25.1 Å². The molecule has 2 aromatic rings. The van der Waals surface area contributed by atoms with Gasteiger partial charge in [0.05, 0.1) is 5.92 Å². The zero-order chi connectivity index (χ0) is 19.1. The fourth-order valence-electron chi connectivity index (χ4n) is 2.15. The second kappa shape index (κ2) is 9.10. The summed E-state index contributed by atoms with van der Waals surface area (Å²) in [7, 11) is 0. The van der Waals surface area contributed by atoms with Crippen molar-refractivity contribution in [1.82, 2.24) is 10.3 Å². The average molecular weight is 376 g/mol. The Morgan fingerprint density at radius 2 is 1.92 bits per heavy atom. The second-order valence-corrected chi connectivity index (χ2v) is 6.11. The number of anilines is 1. The molecule has 0 bridgehead atoms. The number of nitrogens with one attached hydrogen (secondary N) is 2. The molecule has 0 unspecified atom stereocenters. The molecule has 1 atom stereocenters. The molecule has 5 nitrogen and oxygen atoms in total. The van der Waals surface area contributed by atoms with E-state index in [0.717, 1.165) is 0 Å². The molecule has 0 radical (unpaired) electrons. The average Bonchev–Trinajstić information content (AvgIpc) is 2.62. The smallest absolute Gasteiger partial charge is 0.269 e. The van der Waals surface area contributed by atoms with Gasteiger partial charge in [0, 0.05) is 12.2 Å². The number of pyridine rings is 1. The number of halogens is 2. The van der Waals surface area contributed by atoms with Crippen molar-refractivity contribution in [1.29, 1.82) is 0 Å². The van der Waals surface area contributed by atoms with Crippen LogP contribution in [0.1, 0.15) is 23.8 Å². The SMILES string of the molecule is C=C(CCNC(=O)c1cccc(Cl)n1)[C@@H](C)C(=O)Nc1ccc(F)cc1. The van der Waals surface area contributed by atoms with E-state index in [0.29, 0.717) is 24.2 Å². The van der Waals surface area contributed by atoms with Gasteiger partial charge in [0.1, 0.15) is 16.7 Å². The van der Waals surface area contributed by atoms with Crippen LogP contribution in [0.2, 0.25) is 5.15 Å². The molecule has 0 saturated heterocycles. The highest BCUT2D eigenvalue weighted by Crippen LogP contribution is 2.16. The first-order chi connectivity index (χ1) is 12.4.